The summed E-state index contributed by atoms with van der Waals surface area (Å²) in [6, 6.07) is 10.5. The van der Waals surface area contributed by atoms with Crippen molar-refractivity contribution in [2.75, 3.05) is 0 Å². The number of rotatable bonds is 4. The molecule has 1 heterocycles. The topological polar surface area (TPSA) is 51.8 Å². The van der Waals surface area contributed by atoms with E-state index < -0.39 is 0 Å². The van der Waals surface area contributed by atoms with E-state index in [4.69, 9.17) is 5.73 Å². The highest BCUT2D eigenvalue weighted by molar-refractivity contribution is 5.58. The predicted molar refractivity (Wildman–Crippen MR) is 74.2 cm³/mol. The highest BCUT2D eigenvalue weighted by atomic mass is 14.9. The number of benzene rings is 1. The van der Waals surface area contributed by atoms with E-state index in [1.807, 2.05) is 13.0 Å². The van der Waals surface area contributed by atoms with Crippen molar-refractivity contribution in [3.8, 4) is 11.3 Å². The van der Waals surface area contributed by atoms with Crippen molar-refractivity contribution in [1.29, 1.82) is 0 Å². The summed E-state index contributed by atoms with van der Waals surface area (Å²) < 4.78 is 0. The number of hydrogen-bond donors (Lipinski definition) is 1. The quantitative estimate of drug-likeness (QED) is 0.895. The maximum Gasteiger partial charge on any atom is 0.130 e. The third kappa shape index (κ3) is 3.14. The summed E-state index contributed by atoms with van der Waals surface area (Å²) in [5.41, 5.74) is 9.19. The first-order chi connectivity index (χ1) is 8.69. The number of nitrogens with zero attached hydrogens (tertiary/aromatic N) is 2. The zero-order valence-corrected chi connectivity index (χ0v) is 10.9. The molecule has 1 aromatic heterocycles. The van der Waals surface area contributed by atoms with Crippen LogP contribution in [0.15, 0.2) is 36.5 Å². The first-order valence-corrected chi connectivity index (χ1v) is 6.36. The fourth-order valence-electron chi connectivity index (χ4n) is 1.86. The first kappa shape index (κ1) is 12.7. The fraction of sp³-hybridized carbons (Fsp3) is 0.333. The van der Waals surface area contributed by atoms with E-state index in [0.29, 0.717) is 6.42 Å². The molecule has 0 aliphatic rings. The molecule has 0 fully saturated rings. The van der Waals surface area contributed by atoms with Crippen LogP contribution in [-0.2, 0) is 12.8 Å². The number of nitrogens with two attached hydrogens (primary N) is 1. The van der Waals surface area contributed by atoms with Crippen LogP contribution in [-0.4, -0.2) is 16.0 Å². The number of hydrogen-bond acceptors (Lipinski definition) is 3. The van der Waals surface area contributed by atoms with Crippen LogP contribution < -0.4 is 5.73 Å². The Bertz CT molecular complexity index is 503. The molecular formula is C15H19N3. The Labute approximate surface area is 108 Å². The van der Waals surface area contributed by atoms with Crippen LogP contribution in [0.25, 0.3) is 11.3 Å². The maximum absolute atomic E-state index is 5.77. The monoisotopic (exact) mass is 241 g/mol. The van der Waals surface area contributed by atoms with Gasteiger partial charge in [0, 0.05) is 24.2 Å². The van der Waals surface area contributed by atoms with Crippen LogP contribution in [0.3, 0.4) is 0 Å². The third-order valence-corrected chi connectivity index (χ3v) is 2.87. The van der Waals surface area contributed by atoms with E-state index in [0.717, 1.165) is 23.5 Å². The largest absolute Gasteiger partial charge is 0.328 e. The minimum Gasteiger partial charge on any atom is -0.328 e. The molecule has 0 saturated heterocycles. The van der Waals surface area contributed by atoms with Crippen LogP contribution in [0.5, 0.6) is 0 Å². The standard InChI is InChI=1S/C15H19N3/c1-3-12-4-6-13(7-5-12)14-8-9-17-15(18-14)10-11(2)16/h4-9,11H,3,10,16H2,1-2H3. The van der Waals surface area contributed by atoms with Crippen molar-refractivity contribution in [1.82, 2.24) is 9.97 Å². The van der Waals surface area contributed by atoms with Crippen molar-refractivity contribution < 1.29 is 0 Å². The Balaban J connectivity index is 2.26. The fourth-order valence-corrected chi connectivity index (χ4v) is 1.86. The minimum atomic E-state index is 0.0858. The van der Waals surface area contributed by atoms with Gasteiger partial charge in [-0.15, -0.1) is 0 Å². The average molecular weight is 241 g/mol. The lowest BCUT2D eigenvalue weighted by molar-refractivity contribution is 0.702. The molecule has 0 radical (unpaired) electrons. The summed E-state index contributed by atoms with van der Waals surface area (Å²) in [5, 5.41) is 0. The van der Waals surface area contributed by atoms with E-state index in [-0.39, 0.29) is 6.04 Å². The molecule has 0 saturated carbocycles. The second-order valence-electron chi connectivity index (χ2n) is 4.59. The van der Waals surface area contributed by atoms with Crippen LogP contribution >= 0.6 is 0 Å². The molecule has 0 amide bonds. The van der Waals surface area contributed by atoms with Gasteiger partial charge in [-0.3, -0.25) is 0 Å². The van der Waals surface area contributed by atoms with E-state index in [2.05, 4.69) is 41.2 Å². The van der Waals surface area contributed by atoms with E-state index >= 15 is 0 Å². The van der Waals surface area contributed by atoms with Gasteiger partial charge >= 0.3 is 0 Å². The molecule has 0 bridgehead atoms. The Morgan fingerprint density at radius 3 is 2.50 bits per heavy atom. The minimum absolute atomic E-state index is 0.0858. The maximum atomic E-state index is 5.77. The summed E-state index contributed by atoms with van der Waals surface area (Å²) in [6.45, 7) is 4.12. The van der Waals surface area contributed by atoms with Crippen molar-refractivity contribution in [3.63, 3.8) is 0 Å². The van der Waals surface area contributed by atoms with Crippen LogP contribution in [0, 0.1) is 0 Å². The summed E-state index contributed by atoms with van der Waals surface area (Å²) in [4.78, 5) is 8.80. The van der Waals surface area contributed by atoms with Crippen LogP contribution in [0.4, 0.5) is 0 Å². The van der Waals surface area contributed by atoms with Crippen LogP contribution in [0.2, 0.25) is 0 Å². The van der Waals surface area contributed by atoms with Gasteiger partial charge in [-0.2, -0.15) is 0 Å². The second kappa shape index (κ2) is 5.74. The molecule has 1 aromatic carbocycles. The lowest BCUT2D eigenvalue weighted by Crippen LogP contribution is -2.19. The van der Waals surface area contributed by atoms with E-state index in [1.165, 1.54) is 5.56 Å². The lowest BCUT2D eigenvalue weighted by atomic mass is 10.1. The molecule has 3 heteroatoms. The zero-order chi connectivity index (χ0) is 13.0. The number of aromatic nitrogens is 2. The highest BCUT2D eigenvalue weighted by Gasteiger charge is 2.04. The van der Waals surface area contributed by atoms with Gasteiger partial charge in [0.1, 0.15) is 5.82 Å². The molecule has 1 atom stereocenters. The van der Waals surface area contributed by atoms with Gasteiger partial charge in [-0.25, -0.2) is 9.97 Å². The Kier molecular flexibility index (Phi) is 4.05. The molecule has 1 unspecified atom stereocenters. The molecule has 18 heavy (non-hydrogen) atoms. The highest BCUT2D eigenvalue weighted by Crippen LogP contribution is 2.17. The summed E-state index contributed by atoms with van der Waals surface area (Å²) in [5.74, 6) is 0.807. The number of aryl methyl sites for hydroxylation is 1. The summed E-state index contributed by atoms with van der Waals surface area (Å²) in [6.07, 6.45) is 3.56. The molecule has 3 nitrogen and oxygen atoms in total. The van der Waals surface area contributed by atoms with Gasteiger partial charge < -0.3 is 5.73 Å². The van der Waals surface area contributed by atoms with Crippen molar-refractivity contribution >= 4 is 0 Å². The van der Waals surface area contributed by atoms with Gasteiger partial charge in [-0.05, 0) is 25.0 Å². The molecule has 2 aromatic rings. The third-order valence-electron chi connectivity index (χ3n) is 2.87. The van der Waals surface area contributed by atoms with Crippen molar-refractivity contribution in [3.05, 3.63) is 47.9 Å². The molecule has 94 valence electrons. The van der Waals surface area contributed by atoms with Gasteiger partial charge in [0.25, 0.3) is 0 Å². The van der Waals surface area contributed by atoms with Crippen LogP contribution in [0.1, 0.15) is 25.2 Å². The second-order valence-corrected chi connectivity index (χ2v) is 4.59. The average Bonchev–Trinajstić information content (AvgIpc) is 2.38. The molecule has 2 rings (SSSR count). The molecule has 0 spiro atoms. The first-order valence-electron chi connectivity index (χ1n) is 6.36. The zero-order valence-electron chi connectivity index (χ0n) is 10.9. The smallest absolute Gasteiger partial charge is 0.130 e. The molecular weight excluding hydrogens is 222 g/mol. The molecule has 0 aliphatic carbocycles. The Morgan fingerprint density at radius 1 is 1.17 bits per heavy atom. The van der Waals surface area contributed by atoms with E-state index in [9.17, 15) is 0 Å². The van der Waals surface area contributed by atoms with Crippen molar-refractivity contribution in [2.45, 2.75) is 32.7 Å². The Hall–Kier alpha value is -1.74. The predicted octanol–water partition coefficient (Wildman–Crippen LogP) is 2.60. The normalized spacial score (nSPS) is 12.4. The molecule has 0 aliphatic heterocycles. The summed E-state index contributed by atoms with van der Waals surface area (Å²) in [7, 11) is 0. The van der Waals surface area contributed by atoms with Gasteiger partial charge in [0.2, 0.25) is 0 Å². The Morgan fingerprint density at radius 2 is 1.89 bits per heavy atom. The summed E-state index contributed by atoms with van der Waals surface area (Å²) >= 11 is 0. The van der Waals surface area contributed by atoms with E-state index in [1.54, 1.807) is 6.20 Å². The SMILES string of the molecule is CCc1ccc(-c2ccnc(CC(C)N)n2)cc1. The lowest BCUT2D eigenvalue weighted by Gasteiger charge is -2.06. The van der Waals surface area contributed by atoms with Crippen molar-refractivity contribution in [2.24, 2.45) is 5.73 Å². The van der Waals surface area contributed by atoms with Gasteiger partial charge in [0.05, 0.1) is 5.69 Å². The van der Waals surface area contributed by atoms with Gasteiger partial charge in [-0.1, -0.05) is 31.2 Å². The molecule has 2 N–H and O–H groups in total. The van der Waals surface area contributed by atoms with Gasteiger partial charge in [0.15, 0.2) is 0 Å².